The van der Waals surface area contributed by atoms with Crippen molar-refractivity contribution in [3.05, 3.63) is 99.7 Å². The quantitative estimate of drug-likeness (QED) is 0.225. The zero-order valence-corrected chi connectivity index (χ0v) is 24.4. The monoisotopic (exact) mass is 624 g/mol. The molecule has 39 heavy (non-hydrogen) atoms. The van der Waals surface area contributed by atoms with Gasteiger partial charge in [0, 0.05) is 29.4 Å². The van der Waals surface area contributed by atoms with Gasteiger partial charge in [-0.05, 0) is 91.6 Å². The van der Waals surface area contributed by atoms with E-state index in [2.05, 4.69) is 50.2 Å². The lowest BCUT2D eigenvalue weighted by molar-refractivity contribution is 0.437. The Morgan fingerprint density at radius 2 is 1.90 bits per heavy atom. The van der Waals surface area contributed by atoms with Crippen molar-refractivity contribution >= 4 is 56.2 Å². The highest BCUT2D eigenvalue weighted by atomic mass is 79.9. The molecular weight excluding hydrogens is 599 g/mol. The number of piperidine rings is 1. The minimum Gasteiger partial charge on any atom is -0.459 e. The van der Waals surface area contributed by atoms with Crippen molar-refractivity contribution in [1.82, 2.24) is 10.3 Å². The van der Waals surface area contributed by atoms with Crippen molar-refractivity contribution in [2.75, 3.05) is 22.9 Å². The van der Waals surface area contributed by atoms with E-state index in [0.717, 1.165) is 48.9 Å². The van der Waals surface area contributed by atoms with Crippen LogP contribution in [0.15, 0.2) is 81.8 Å². The lowest BCUT2D eigenvalue weighted by Gasteiger charge is -2.33. The molecule has 0 radical (unpaired) electrons. The van der Waals surface area contributed by atoms with Crippen LogP contribution in [0.4, 0.5) is 15.8 Å². The summed E-state index contributed by atoms with van der Waals surface area (Å²) in [5, 5.41) is 4.66. The summed E-state index contributed by atoms with van der Waals surface area (Å²) in [7, 11) is 0. The van der Waals surface area contributed by atoms with E-state index < -0.39 is 0 Å². The summed E-state index contributed by atoms with van der Waals surface area (Å²) in [5.41, 5.74) is 3.10. The fourth-order valence-corrected chi connectivity index (χ4v) is 6.39. The molecule has 5 nitrogen and oxygen atoms in total. The smallest absolute Gasteiger partial charge is 0.174 e. The van der Waals surface area contributed by atoms with Crippen molar-refractivity contribution in [2.45, 2.75) is 31.8 Å². The fraction of sp³-hybridized carbons (Fsp3) is 0.267. The molecule has 0 aliphatic carbocycles. The molecule has 2 aliphatic rings. The number of nitrogens with one attached hydrogen (secondary N) is 1. The Balaban J connectivity index is 1.38. The SMILES string of the molecule is CC1CCN(c2ccc(N3C(=S)NC(c4ccccn4)C3c3ccc(-c4ccc(Br)cc4F)o3)cc2Cl)CC1. The third-order valence-corrected chi connectivity index (χ3v) is 8.66. The Bertz CT molecular complexity index is 1510. The van der Waals surface area contributed by atoms with Gasteiger partial charge in [0.25, 0.3) is 0 Å². The van der Waals surface area contributed by atoms with E-state index in [1.807, 2.05) is 35.2 Å². The summed E-state index contributed by atoms with van der Waals surface area (Å²) in [6.45, 7) is 4.29. The summed E-state index contributed by atoms with van der Waals surface area (Å²) in [4.78, 5) is 8.97. The Morgan fingerprint density at radius 3 is 2.62 bits per heavy atom. The molecule has 2 aromatic heterocycles. The number of halogens is 3. The molecule has 2 unspecified atom stereocenters. The second-order valence-electron chi connectivity index (χ2n) is 10.1. The van der Waals surface area contributed by atoms with Crippen LogP contribution in [0.1, 0.15) is 43.3 Å². The van der Waals surface area contributed by atoms with Crippen molar-refractivity contribution in [3.8, 4) is 11.3 Å². The Kier molecular flexibility index (Phi) is 7.35. The average molecular weight is 626 g/mol. The maximum atomic E-state index is 14.8. The lowest BCUT2D eigenvalue weighted by Crippen LogP contribution is -2.33. The van der Waals surface area contributed by atoms with Crippen LogP contribution in [0, 0.1) is 11.7 Å². The second-order valence-corrected chi connectivity index (χ2v) is 11.8. The first kappa shape index (κ1) is 26.3. The van der Waals surface area contributed by atoms with Gasteiger partial charge in [-0.3, -0.25) is 4.98 Å². The summed E-state index contributed by atoms with van der Waals surface area (Å²) in [6, 6.07) is 19.8. The van der Waals surface area contributed by atoms with Gasteiger partial charge in [0.2, 0.25) is 0 Å². The molecule has 1 N–H and O–H groups in total. The van der Waals surface area contributed by atoms with Gasteiger partial charge in [-0.1, -0.05) is 40.5 Å². The zero-order chi connectivity index (χ0) is 27.1. The van der Waals surface area contributed by atoms with Gasteiger partial charge in [-0.25, -0.2) is 4.39 Å². The number of pyridine rings is 1. The minimum atomic E-state index is -0.364. The predicted molar refractivity (Wildman–Crippen MR) is 162 cm³/mol. The molecule has 4 aromatic rings. The third-order valence-electron chi connectivity index (χ3n) is 7.55. The van der Waals surface area contributed by atoms with Crippen LogP contribution in [0.25, 0.3) is 11.3 Å². The van der Waals surface area contributed by atoms with Gasteiger partial charge in [0.1, 0.15) is 23.4 Å². The van der Waals surface area contributed by atoms with E-state index in [1.165, 1.54) is 6.07 Å². The molecule has 2 aromatic carbocycles. The van der Waals surface area contributed by atoms with Crippen LogP contribution in [0.2, 0.25) is 5.02 Å². The van der Waals surface area contributed by atoms with E-state index in [1.54, 1.807) is 24.4 Å². The highest BCUT2D eigenvalue weighted by Gasteiger charge is 2.43. The normalized spacial score (nSPS) is 19.9. The summed E-state index contributed by atoms with van der Waals surface area (Å²) < 4.78 is 21.8. The van der Waals surface area contributed by atoms with Gasteiger partial charge in [0.05, 0.1) is 28.0 Å². The molecule has 0 saturated carbocycles. The van der Waals surface area contributed by atoms with Crippen LogP contribution in [-0.2, 0) is 0 Å². The van der Waals surface area contributed by atoms with Crippen LogP contribution < -0.4 is 15.1 Å². The summed E-state index contributed by atoms with van der Waals surface area (Å²) in [5.74, 6) is 1.46. The molecule has 0 bridgehead atoms. The van der Waals surface area contributed by atoms with Crippen molar-refractivity contribution in [1.29, 1.82) is 0 Å². The molecule has 0 amide bonds. The molecule has 200 valence electrons. The van der Waals surface area contributed by atoms with E-state index in [-0.39, 0.29) is 17.9 Å². The summed E-state index contributed by atoms with van der Waals surface area (Å²) in [6.07, 6.45) is 4.08. The Morgan fingerprint density at radius 1 is 1.08 bits per heavy atom. The fourth-order valence-electron chi connectivity index (χ4n) is 5.42. The standard InChI is InChI=1S/C30H27BrClFN4OS/c1-18-11-14-36(15-12-18)25-8-6-20(17-22(25)32)37-29(28(35-30(37)39)24-4-2-3-13-34-24)27-10-9-26(38-27)21-7-5-19(31)16-23(21)33/h2-10,13,16-18,28-29H,11-12,14-15H2,1H3,(H,35,39). The summed E-state index contributed by atoms with van der Waals surface area (Å²) >= 11 is 16.0. The molecule has 2 atom stereocenters. The number of anilines is 2. The number of aromatic nitrogens is 1. The molecule has 4 heterocycles. The number of hydrogen-bond donors (Lipinski definition) is 1. The van der Waals surface area contributed by atoms with Gasteiger partial charge in [-0.2, -0.15) is 0 Å². The number of benzene rings is 2. The number of rotatable bonds is 5. The maximum absolute atomic E-state index is 14.8. The molecule has 9 heteroatoms. The molecule has 6 rings (SSSR count). The van der Waals surface area contributed by atoms with Gasteiger partial charge < -0.3 is 19.5 Å². The first-order valence-corrected chi connectivity index (χ1v) is 14.6. The first-order valence-electron chi connectivity index (χ1n) is 13.0. The van der Waals surface area contributed by atoms with Crippen molar-refractivity contribution < 1.29 is 8.81 Å². The van der Waals surface area contributed by atoms with E-state index in [9.17, 15) is 4.39 Å². The number of thiocarbonyl (C=S) groups is 1. The Labute approximate surface area is 246 Å². The topological polar surface area (TPSA) is 44.5 Å². The average Bonchev–Trinajstić information content (AvgIpc) is 3.54. The van der Waals surface area contributed by atoms with Crippen LogP contribution >= 0.6 is 39.7 Å². The van der Waals surface area contributed by atoms with E-state index in [4.69, 9.17) is 28.2 Å². The van der Waals surface area contributed by atoms with Gasteiger partial charge in [-0.15, -0.1) is 0 Å². The maximum Gasteiger partial charge on any atom is 0.174 e. The molecule has 2 fully saturated rings. The first-order chi connectivity index (χ1) is 18.9. The molecule has 0 spiro atoms. The van der Waals surface area contributed by atoms with Crippen molar-refractivity contribution in [2.24, 2.45) is 5.92 Å². The predicted octanol–water partition coefficient (Wildman–Crippen LogP) is 8.31. The van der Waals surface area contributed by atoms with Gasteiger partial charge in [0.15, 0.2) is 5.11 Å². The zero-order valence-electron chi connectivity index (χ0n) is 21.3. The van der Waals surface area contributed by atoms with E-state index >= 15 is 0 Å². The third kappa shape index (κ3) is 5.17. The number of nitrogens with zero attached hydrogens (tertiary/aromatic N) is 3. The molecule has 2 saturated heterocycles. The lowest BCUT2D eigenvalue weighted by atomic mass is 9.98. The van der Waals surface area contributed by atoms with Crippen LogP contribution in [0.3, 0.4) is 0 Å². The minimum absolute atomic E-state index is 0.283. The van der Waals surface area contributed by atoms with Crippen molar-refractivity contribution in [3.63, 3.8) is 0 Å². The van der Waals surface area contributed by atoms with E-state index in [0.29, 0.717) is 31.7 Å². The number of hydrogen-bond acceptors (Lipinski definition) is 4. The largest absolute Gasteiger partial charge is 0.459 e. The second kappa shape index (κ2) is 10.9. The molecule has 2 aliphatic heterocycles. The molecular formula is C30H27BrClFN4OS. The van der Waals surface area contributed by atoms with Crippen LogP contribution in [-0.4, -0.2) is 23.2 Å². The highest BCUT2D eigenvalue weighted by molar-refractivity contribution is 9.10. The van der Waals surface area contributed by atoms with Gasteiger partial charge >= 0.3 is 0 Å². The number of furan rings is 1. The Hall–Kier alpha value is -2.94. The van der Waals surface area contributed by atoms with Crippen LogP contribution in [0.5, 0.6) is 0 Å². The highest BCUT2D eigenvalue weighted by Crippen LogP contribution is 2.44.